The Hall–Kier alpha value is -3.38. The van der Waals surface area contributed by atoms with E-state index in [1.807, 2.05) is 90.1 Å². The van der Waals surface area contributed by atoms with Crippen LogP contribution in [0.4, 0.5) is 5.82 Å². The smallest absolute Gasteiger partial charge is 0.251 e. The van der Waals surface area contributed by atoms with Crippen LogP contribution >= 0.6 is 11.6 Å². The fourth-order valence-electron chi connectivity index (χ4n) is 4.36. The van der Waals surface area contributed by atoms with E-state index in [-0.39, 0.29) is 24.2 Å². The third-order valence-electron chi connectivity index (χ3n) is 6.01. The number of rotatable bonds is 6. The van der Waals surface area contributed by atoms with Crippen molar-refractivity contribution < 1.29 is 9.59 Å². The molecule has 2 N–H and O–H groups in total. The molecule has 1 aromatic heterocycles. The summed E-state index contributed by atoms with van der Waals surface area (Å²) < 4.78 is 1.76. The Morgan fingerprint density at radius 2 is 1.94 bits per heavy atom. The van der Waals surface area contributed by atoms with Gasteiger partial charge in [-0.1, -0.05) is 53.1 Å². The fourth-order valence-corrected chi connectivity index (χ4v) is 4.43. The Labute approximate surface area is 212 Å². The minimum Gasteiger partial charge on any atom is -0.348 e. The van der Waals surface area contributed by atoms with E-state index in [9.17, 15) is 9.59 Å². The zero-order valence-electron chi connectivity index (χ0n) is 21.1. The first-order chi connectivity index (χ1) is 16.6. The number of hydrogen-bond acceptors (Lipinski definition) is 3. The molecule has 1 aliphatic heterocycles. The summed E-state index contributed by atoms with van der Waals surface area (Å²) in [6.07, 6.45) is 9.70. The topological polar surface area (TPSA) is 76.0 Å². The van der Waals surface area contributed by atoms with Gasteiger partial charge in [-0.15, -0.1) is 0 Å². The molecule has 1 aliphatic rings. The summed E-state index contributed by atoms with van der Waals surface area (Å²) >= 11 is 6.11. The molecule has 0 radical (unpaired) electrons. The van der Waals surface area contributed by atoms with Crippen molar-refractivity contribution in [1.29, 1.82) is 0 Å². The van der Waals surface area contributed by atoms with Gasteiger partial charge in [-0.2, -0.15) is 5.10 Å². The maximum Gasteiger partial charge on any atom is 0.251 e. The first-order valence-electron chi connectivity index (χ1n) is 11.7. The normalized spacial score (nSPS) is 19.4. The zero-order chi connectivity index (χ0) is 25.7. The molecule has 35 heavy (non-hydrogen) atoms. The predicted molar refractivity (Wildman–Crippen MR) is 144 cm³/mol. The number of halogens is 1. The van der Waals surface area contributed by atoms with Gasteiger partial charge in [0.25, 0.3) is 5.91 Å². The molecule has 6 nitrogen and oxygen atoms in total. The summed E-state index contributed by atoms with van der Waals surface area (Å²) in [5, 5.41) is 11.6. The maximum atomic E-state index is 13.2. The van der Waals surface area contributed by atoms with E-state index in [0.717, 1.165) is 28.1 Å². The number of carbonyl (C=O) groups is 2. The average Bonchev–Trinajstić information content (AvgIpc) is 3.02. The van der Waals surface area contributed by atoms with Crippen LogP contribution in [0, 0.1) is 13.8 Å². The number of aromatic nitrogens is 2. The molecule has 1 aromatic carbocycles. The average molecular weight is 493 g/mol. The van der Waals surface area contributed by atoms with Crippen molar-refractivity contribution in [1.82, 2.24) is 15.1 Å². The van der Waals surface area contributed by atoms with Crippen LogP contribution < -0.4 is 10.6 Å². The van der Waals surface area contributed by atoms with Crippen LogP contribution in [0.1, 0.15) is 67.2 Å². The Kier molecular flexibility index (Phi) is 8.52. The van der Waals surface area contributed by atoms with Crippen LogP contribution in [-0.2, 0) is 4.79 Å². The third-order valence-corrected chi connectivity index (χ3v) is 6.14. The van der Waals surface area contributed by atoms with Gasteiger partial charge in [-0.3, -0.25) is 9.59 Å². The van der Waals surface area contributed by atoms with Gasteiger partial charge in [0.15, 0.2) is 0 Å². The lowest BCUT2D eigenvalue weighted by atomic mass is 9.83. The van der Waals surface area contributed by atoms with Gasteiger partial charge in [0.2, 0.25) is 5.91 Å². The number of carbonyl (C=O) groups excluding carboxylic acids is 2. The summed E-state index contributed by atoms with van der Waals surface area (Å²) in [4.78, 5) is 26.3. The Morgan fingerprint density at radius 1 is 1.20 bits per heavy atom. The lowest BCUT2D eigenvalue weighted by molar-refractivity contribution is -0.116. The van der Waals surface area contributed by atoms with E-state index in [2.05, 4.69) is 10.6 Å². The second-order valence-electron chi connectivity index (χ2n) is 8.94. The van der Waals surface area contributed by atoms with E-state index in [1.165, 1.54) is 0 Å². The van der Waals surface area contributed by atoms with Crippen LogP contribution in [0.2, 0.25) is 0 Å². The molecule has 0 saturated carbocycles. The summed E-state index contributed by atoms with van der Waals surface area (Å²) in [7, 11) is 0. The minimum absolute atomic E-state index is 0.128. The second kappa shape index (κ2) is 11.4. The highest BCUT2D eigenvalue weighted by Gasteiger charge is 2.37. The SMILES string of the molecule is C/C=C\C=C(/C)n1nc(C)c2c1NC(=O)C[C@@H](NC(=O)c1cccc(C)c1)[C@H]2/C(C)=C/C=C(\C)Cl. The largest absolute Gasteiger partial charge is 0.348 e. The molecule has 0 spiro atoms. The second-order valence-corrected chi connectivity index (χ2v) is 9.53. The fraction of sp³-hybridized carbons (Fsp3) is 0.321. The van der Waals surface area contributed by atoms with E-state index in [4.69, 9.17) is 16.7 Å². The lowest BCUT2D eigenvalue weighted by Gasteiger charge is -2.27. The number of allylic oxidation sites excluding steroid dienone is 7. The van der Waals surface area contributed by atoms with Crippen LogP contribution in [0.25, 0.3) is 5.70 Å². The molecule has 2 heterocycles. The number of nitrogens with one attached hydrogen (secondary N) is 2. The quantitative estimate of drug-likeness (QED) is 0.468. The Balaban J connectivity index is 2.15. The molecule has 0 fully saturated rings. The van der Waals surface area contributed by atoms with Crippen LogP contribution in [0.5, 0.6) is 0 Å². The molecule has 184 valence electrons. The molecular weight excluding hydrogens is 460 g/mol. The van der Waals surface area contributed by atoms with Crippen molar-refractivity contribution in [3.63, 3.8) is 0 Å². The molecule has 3 rings (SSSR count). The molecular formula is C28H33ClN4O2. The number of amides is 2. The molecule has 0 unspecified atom stereocenters. The number of aryl methyl sites for hydroxylation is 2. The summed E-state index contributed by atoms with van der Waals surface area (Å²) in [5.41, 5.74) is 5.06. The third kappa shape index (κ3) is 6.20. The summed E-state index contributed by atoms with van der Waals surface area (Å²) in [6.45, 7) is 11.6. The van der Waals surface area contributed by atoms with Gasteiger partial charge in [0, 0.05) is 40.2 Å². The van der Waals surface area contributed by atoms with Gasteiger partial charge in [0.1, 0.15) is 5.82 Å². The molecule has 7 heteroatoms. The lowest BCUT2D eigenvalue weighted by Crippen LogP contribution is -2.41. The van der Waals surface area contributed by atoms with Crippen molar-refractivity contribution in [2.24, 2.45) is 0 Å². The molecule has 0 saturated heterocycles. The first kappa shape index (κ1) is 26.2. The zero-order valence-corrected chi connectivity index (χ0v) is 21.9. The number of anilines is 1. The summed E-state index contributed by atoms with van der Waals surface area (Å²) in [6, 6.07) is 6.95. The van der Waals surface area contributed by atoms with Crippen molar-refractivity contribution in [3.8, 4) is 0 Å². The van der Waals surface area contributed by atoms with Crippen molar-refractivity contribution in [2.45, 2.75) is 59.9 Å². The highest BCUT2D eigenvalue weighted by molar-refractivity contribution is 6.29. The Bertz CT molecular complexity index is 1250. The van der Waals surface area contributed by atoms with E-state index in [1.54, 1.807) is 10.7 Å². The van der Waals surface area contributed by atoms with E-state index >= 15 is 0 Å². The first-order valence-corrected chi connectivity index (χ1v) is 12.1. The maximum absolute atomic E-state index is 13.2. The Morgan fingerprint density at radius 3 is 2.60 bits per heavy atom. The minimum atomic E-state index is -0.472. The predicted octanol–water partition coefficient (Wildman–Crippen LogP) is 6.25. The van der Waals surface area contributed by atoms with E-state index in [0.29, 0.717) is 16.4 Å². The van der Waals surface area contributed by atoms with Crippen molar-refractivity contribution in [3.05, 3.63) is 87.6 Å². The number of fused-ring (bicyclic) bond motifs is 1. The molecule has 2 aromatic rings. The summed E-state index contributed by atoms with van der Waals surface area (Å²) in [5.74, 6) is -0.0539. The van der Waals surface area contributed by atoms with Crippen LogP contribution in [0.3, 0.4) is 0 Å². The number of hydrogen-bond donors (Lipinski definition) is 2. The molecule has 0 bridgehead atoms. The number of benzene rings is 1. The molecule has 2 atom stereocenters. The van der Waals surface area contributed by atoms with Gasteiger partial charge < -0.3 is 10.6 Å². The highest BCUT2D eigenvalue weighted by atomic mass is 35.5. The monoisotopic (exact) mass is 492 g/mol. The van der Waals surface area contributed by atoms with Gasteiger partial charge in [-0.05, 0) is 65.8 Å². The molecule has 0 aliphatic carbocycles. The van der Waals surface area contributed by atoms with Crippen LogP contribution in [-0.4, -0.2) is 27.6 Å². The van der Waals surface area contributed by atoms with Gasteiger partial charge in [-0.25, -0.2) is 4.68 Å². The van der Waals surface area contributed by atoms with E-state index < -0.39 is 6.04 Å². The molecule has 2 amide bonds. The van der Waals surface area contributed by atoms with Crippen molar-refractivity contribution >= 4 is 34.9 Å². The number of nitrogens with zero attached hydrogens (tertiary/aromatic N) is 2. The van der Waals surface area contributed by atoms with Gasteiger partial charge in [0.05, 0.1) is 5.69 Å². The highest BCUT2D eigenvalue weighted by Crippen LogP contribution is 2.40. The van der Waals surface area contributed by atoms with Gasteiger partial charge >= 0.3 is 0 Å². The van der Waals surface area contributed by atoms with Crippen LogP contribution in [0.15, 0.2) is 65.3 Å². The van der Waals surface area contributed by atoms with Crippen molar-refractivity contribution in [2.75, 3.05) is 5.32 Å². The standard InChI is InChI=1S/C28H33ClN4O2/c1-7-8-11-20(5)33-27-26(21(6)32-33)25(18(3)13-14-19(4)29)23(16-24(34)31-27)30-28(35)22-12-9-10-17(2)15-22/h7-15,23,25H,16H2,1-6H3,(H,30,35)(H,31,34)/b8-7-,18-13+,19-14+,20-11+/t23-,25-/m1/s1.